The maximum atomic E-state index is 12.1. The van der Waals surface area contributed by atoms with Crippen LogP contribution in [0, 0.1) is 0 Å². The second-order valence-electron chi connectivity index (χ2n) is 3.40. The van der Waals surface area contributed by atoms with Crippen molar-refractivity contribution in [3.63, 3.8) is 0 Å². The molecule has 0 radical (unpaired) electrons. The fourth-order valence-corrected chi connectivity index (χ4v) is 2.95. The zero-order chi connectivity index (χ0) is 13.2. The summed E-state index contributed by atoms with van der Waals surface area (Å²) in [7, 11) is -3.63. The summed E-state index contributed by atoms with van der Waals surface area (Å²) >= 11 is 8.89. The van der Waals surface area contributed by atoms with Gasteiger partial charge in [-0.1, -0.05) is 11.6 Å². The van der Waals surface area contributed by atoms with E-state index in [0.717, 1.165) is 0 Å². The van der Waals surface area contributed by atoms with Gasteiger partial charge in [-0.2, -0.15) is 0 Å². The summed E-state index contributed by atoms with van der Waals surface area (Å²) in [4.78, 5) is 4.08. The molecule has 1 heterocycles. The summed E-state index contributed by atoms with van der Waals surface area (Å²) < 4.78 is 27.0. The minimum absolute atomic E-state index is 0.141. The Labute approximate surface area is 118 Å². The second kappa shape index (κ2) is 5.26. The van der Waals surface area contributed by atoms with Crippen LogP contribution in [0.2, 0.25) is 5.02 Å². The molecule has 0 aliphatic carbocycles. The van der Waals surface area contributed by atoms with Crippen LogP contribution in [0.3, 0.4) is 0 Å². The maximum absolute atomic E-state index is 12.1. The summed E-state index contributed by atoms with van der Waals surface area (Å²) in [5, 5.41) is 0.483. The molecule has 1 N–H and O–H groups in total. The summed E-state index contributed by atoms with van der Waals surface area (Å²) in [5.41, 5.74) is 0.382. The van der Waals surface area contributed by atoms with Gasteiger partial charge in [0, 0.05) is 11.2 Å². The first-order valence-electron chi connectivity index (χ1n) is 4.88. The van der Waals surface area contributed by atoms with Gasteiger partial charge in [-0.25, -0.2) is 13.4 Å². The summed E-state index contributed by atoms with van der Waals surface area (Å²) in [6.45, 7) is 0. The highest BCUT2D eigenvalue weighted by atomic mass is 79.9. The third-order valence-electron chi connectivity index (χ3n) is 2.13. The van der Waals surface area contributed by atoms with E-state index in [4.69, 9.17) is 11.6 Å². The number of hydrogen-bond acceptors (Lipinski definition) is 3. The predicted octanol–water partition coefficient (Wildman–Crippen LogP) is 3.30. The molecule has 0 saturated heterocycles. The fraction of sp³-hybridized carbons (Fsp3) is 0. The Morgan fingerprint density at radius 3 is 2.44 bits per heavy atom. The van der Waals surface area contributed by atoms with Crippen LogP contribution in [-0.4, -0.2) is 13.4 Å². The molecule has 0 aliphatic rings. The molecule has 0 aliphatic heterocycles. The predicted molar refractivity (Wildman–Crippen MR) is 74.2 cm³/mol. The molecule has 4 nitrogen and oxygen atoms in total. The molecule has 94 valence electrons. The largest absolute Gasteiger partial charge is 0.277 e. The number of pyridine rings is 1. The number of nitrogens with one attached hydrogen (secondary N) is 1. The maximum Gasteiger partial charge on any atom is 0.261 e. The van der Waals surface area contributed by atoms with Gasteiger partial charge in [0.1, 0.15) is 4.60 Å². The van der Waals surface area contributed by atoms with Crippen molar-refractivity contribution in [2.75, 3.05) is 4.72 Å². The van der Waals surface area contributed by atoms with Crippen LogP contribution >= 0.6 is 27.5 Å². The number of halogens is 2. The lowest BCUT2D eigenvalue weighted by atomic mass is 10.4. The van der Waals surface area contributed by atoms with E-state index >= 15 is 0 Å². The van der Waals surface area contributed by atoms with Gasteiger partial charge >= 0.3 is 0 Å². The molecule has 2 rings (SSSR count). The SMILES string of the molecule is O=S(=O)(Nc1cccnc1Br)c1ccc(Cl)cc1. The van der Waals surface area contributed by atoms with E-state index in [1.165, 1.54) is 24.3 Å². The number of aromatic nitrogens is 1. The van der Waals surface area contributed by atoms with E-state index in [1.807, 2.05) is 0 Å². The highest BCUT2D eigenvalue weighted by molar-refractivity contribution is 9.10. The Hall–Kier alpha value is -1.11. The lowest BCUT2D eigenvalue weighted by Crippen LogP contribution is -2.13. The lowest BCUT2D eigenvalue weighted by molar-refractivity contribution is 0.601. The molecule has 1 aromatic heterocycles. The van der Waals surface area contributed by atoms with Crippen molar-refractivity contribution in [1.82, 2.24) is 4.98 Å². The van der Waals surface area contributed by atoms with E-state index in [2.05, 4.69) is 25.6 Å². The van der Waals surface area contributed by atoms with Gasteiger partial charge in [0.15, 0.2) is 0 Å². The van der Waals surface area contributed by atoms with Gasteiger partial charge < -0.3 is 0 Å². The Balaban J connectivity index is 2.33. The van der Waals surface area contributed by atoms with Gasteiger partial charge in [0.2, 0.25) is 0 Å². The van der Waals surface area contributed by atoms with E-state index in [-0.39, 0.29) is 4.90 Å². The summed E-state index contributed by atoms with van der Waals surface area (Å²) in [6.07, 6.45) is 1.56. The van der Waals surface area contributed by atoms with Crippen LogP contribution in [0.1, 0.15) is 0 Å². The van der Waals surface area contributed by atoms with Gasteiger partial charge in [-0.15, -0.1) is 0 Å². The molecule has 0 bridgehead atoms. The summed E-state index contributed by atoms with van der Waals surface area (Å²) in [5.74, 6) is 0. The number of benzene rings is 1. The van der Waals surface area contributed by atoms with Gasteiger partial charge in [0.25, 0.3) is 10.0 Å². The molecule has 0 atom stereocenters. The van der Waals surface area contributed by atoms with Crippen LogP contribution in [0.4, 0.5) is 5.69 Å². The van der Waals surface area contributed by atoms with Gasteiger partial charge in [-0.05, 0) is 52.3 Å². The molecule has 0 fully saturated rings. The van der Waals surface area contributed by atoms with Crippen molar-refractivity contribution < 1.29 is 8.42 Å². The Morgan fingerprint density at radius 1 is 1.17 bits per heavy atom. The molecule has 1 aromatic carbocycles. The molecule has 18 heavy (non-hydrogen) atoms. The lowest BCUT2D eigenvalue weighted by Gasteiger charge is -2.08. The van der Waals surface area contributed by atoms with Crippen LogP contribution in [0.15, 0.2) is 52.1 Å². The quantitative estimate of drug-likeness (QED) is 0.867. The molecular formula is C11H8BrClN2O2S. The Kier molecular flexibility index (Phi) is 3.89. The molecule has 2 aromatic rings. The average Bonchev–Trinajstić information content (AvgIpc) is 2.32. The smallest absolute Gasteiger partial charge is 0.261 e. The monoisotopic (exact) mass is 346 g/mol. The zero-order valence-electron chi connectivity index (χ0n) is 8.97. The van der Waals surface area contributed by atoms with Crippen LogP contribution in [0.25, 0.3) is 0 Å². The van der Waals surface area contributed by atoms with Crippen LogP contribution in [0.5, 0.6) is 0 Å². The van der Waals surface area contributed by atoms with E-state index in [9.17, 15) is 8.42 Å². The number of nitrogens with zero attached hydrogens (tertiary/aromatic N) is 1. The number of sulfonamides is 1. The highest BCUT2D eigenvalue weighted by Gasteiger charge is 2.15. The topological polar surface area (TPSA) is 59.1 Å². The van der Waals surface area contributed by atoms with Crippen LogP contribution in [-0.2, 0) is 10.0 Å². The Bertz CT molecular complexity index is 659. The highest BCUT2D eigenvalue weighted by Crippen LogP contribution is 2.23. The molecule has 0 unspecified atom stereocenters. The first kappa shape index (κ1) is 13.3. The number of hydrogen-bond donors (Lipinski definition) is 1. The second-order valence-corrected chi connectivity index (χ2v) is 6.27. The van der Waals surface area contributed by atoms with Crippen molar-refractivity contribution in [3.8, 4) is 0 Å². The molecule has 0 amide bonds. The molecular weight excluding hydrogens is 340 g/mol. The average molecular weight is 348 g/mol. The molecule has 0 saturated carbocycles. The first-order valence-corrected chi connectivity index (χ1v) is 7.53. The zero-order valence-corrected chi connectivity index (χ0v) is 12.1. The first-order chi connectivity index (χ1) is 8.49. The minimum atomic E-state index is -3.63. The number of anilines is 1. The van der Waals surface area contributed by atoms with Crippen molar-refractivity contribution >= 4 is 43.2 Å². The minimum Gasteiger partial charge on any atom is -0.277 e. The molecule has 0 spiro atoms. The standard InChI is InChI=1S/C11H8BrClN2O2S/c12-11-10(2-1-7-14-11)15-18(16,17)9-5-3-8(13)4-6-9/h1-7,15H. The van der Waals surface area contributed by atoms with Crippen molar-refractivity contribution in [2.45, 2.75) is 4.90 Å². The van der Waals surface area contributed by atoms with E-state index in [1.54, 1.807) is 18.3 Å². The van der Waals surface area contributed by atoms with Crippen molar-refractivity contribution in [2.24, 2.45) is 0 Å². The van der Waals surface area contributed by atoms with E-state index in [0.29, 0.717) is 15.3 Å². The van der Waals surface area contributed by atoms with Gasteiger partial charge in [-0.3, -0.25) is 4.72 Å². The van der Waals surface area contributed by atoms with Gasteiger partial charge in [0.05, 0.1) is 10.6 Å². The summed E-state index contributed by atoms with van der Waals surface area (Å²) in [6, 6.07) is 9.18. The number of rotatable bonds is 3. The van der Waals surface area contributed by atoms with Crippen molar-refractivity contribution in [3.05, 3.63) is 52.2 Å². The van der Waals surface area contributed by atoms with Crippen molar-refractivity contribution in [1.29, 1.82) is 0 Å². The molecule has 7 heteroatoms. The fourth-order valence-electron chi connectivity index (χ4n) is 1.28. The van der Waals surface area contributed by atoms with Crippen LogP contribution < -0.4 is 4.72 Å². The Morgan fingerprint density at radius 2 is 1.83 bits per heavy atom. The third-order valence-corrected chi connectivity index (χ3v) is 4.39. The third kappa shape index (κ3) is 3.01. The normalized spacial score (nSPS) is 11.2. The van der Waals surface area contributed by atoms with E-state index < -0.39 is 10.0 Å².